The van der Waals surface area contributed by atoms with Gasteiger partial charge in [-0.25, -0.2) is 9.59 Å². The van der Waals surface area contributed by atoms with Crippen LogP contribution in [0.4, 0.5) is 10.6 Å². The van der Waals surface area contributed by atoms with E-state index in [9.17, 15) is 14.4 Å². The van der Waals surface area contributed by atoms with Crippen molar-refractivity contribution in [3.63, 3.8) is 0 Å². The van der Waals surface area contributed by atoms with E-state index in [1.54, 1.807) is 19.1 Å². The summed E-state index contributed by atoms with van der Waals surface area (Å²) in [7, 11) is 0. The summed E-state index contributed by atoms with van der Waals surface area (Å²) >= 11 is 0. The first-order chi connectivity index (χ1) is 13.5. The molecule has 0 aromatic carbocycles. The average Bonchev–Trinajstić information content (AvgIpc) is 3.27. The number of aromatic nitrogens is 3. The highest BCUT2D eigenvalue weighted by atomic mass is 16.6. The van der Waals surface area contributed by atoms with Gasteiger partial charge >= 0.3 is 12.1 Å². The Hall–Kier alpha value is -3.69. The number of ether oxygens (including phenoxy) is 2. The van der Waals surface area contributed by atoms with E-state index < -0.39 is 18.0 Å². The summed E-state index contributed by atoms with van der Waals surface area (Å²) in [5, 5.41) is 6.56. The predicted octanol–water partition coefficient (Wildman–Crippen LogP) is 2.85. The predicted molar refractivity (Wildman–Crippen MR) is 97.2 cm³/mol. The van der Waals surface area contributed by atoms with Gasteiger partial charge in [0.15, 0.2) is 11.4 Å². The number of esters is 1. The van der Waals surface area contributed by atoms with Gasteiger partial charge in [-0.2, -0.15) is 4.68 Å². The van der Waals surface area contributed by atoms with Crippen LogP contribution in [0.25, 0.3) is 11.1 Å². The quantitative estimate of drug-likeness (QED) is 0.641. The molecular weight excluding hydrogens is 368 g/mol. The second-order valence-electron chi connectivity index (χ2n) is 5.59. The first-order valence-corrected chi connectivity index (χ1v) is 8.64. The molecule has 146 valence electrons. The van der Waals surface area contributed by atoms with E-state index in [-0.39, 0.29) is 41.6 Å². The molecule has 0 radical (unpaired) electrons. The topological polar surface area (TPSA) is 126 Å². The van der Waals surface area contributed by atoms with Crippen LogP contribution in [0.15, 0.2) is 34.9 Å². The Kier molecular flexibility index (Phi) is 5.68. The van der Waals surface area contributed by atoms with Gasteiger partial charge in [-0.15, -0.1) is 5.10 Å². The fourth-order valence-corrected chi connectivity index (χ4v) is 2.35. The zero-order valence-electron chi connectivity index (χ0n) is 15.3. The fourth-order valence-electron chi connectivity index (χ4n) is 2.35. The van der Waals surface area contributed by atoms with Crippen molar-refractivity contribution < 1.29 is 28.3 Å². The highest BCUT2D eigenvalue weighted by Crippen LogP contribution is 2.28. The van der Waals surface area contributed by atoms with Crippen LogP contribution in [0.5, 0.6) is 0 Å². The maximum atomic E-state index is 12.4. The van der Waals surface area contributed by atoms with Crippen LogP contribution >= 0.6 is 0 Å². The molecule has 0 aliphatic heterocycles. The lowest BCUT2D eigenvalue weighted by atomic mass is 10.3. The van der Waals surface area contributed by atoms with Gasteiger partial charge in [0.25, 0.3) is 5.91 Å². The smallest absolute Gasteiger partial charge is 0.435 e. The highest BCUT2D eigenvalue weighted by molar-refractivity contribution is 6.07. The molecule has 0 saturated heterocycles. The van der Waals surface area contributed by atoms with Crippen molar-refractivity contribution in [1.29, 1.82) is 0 Å². The number of carbonyl (C=O) groups is 3. The van der Waals surface area contributed by atoms with Crippen molar-refractivity contribution in [2.24, 2.45) is 0 Å². The molecular formula is C18H18N4O6. The van der Waals surface area contributed by atoms with Crippen LogP contribution in [-0.4, -0.2) is 45.9 Å². The fraction of sp³-hybridized carbons (Fsp3) is 0.278. The molecule has 0 atom stereocenters. The van der Waals surface area contributed by atoms with E-state index in [4.69, 9.17) is 13.9 Å². The molecule has 10 nitrogen and oxygen atoms in total. The van der Waals surface area contributed by atoms with Crippen molar-refractivity contribution in [3.8, 4) is 0 Å². The van der Waals surface area contributed by atoms with Crippen molar-refractivity contribution in [3.05, 3.63) is 41.9 Å². The van der Waals surface area contributed by atoms with E-state index in [2.05, 4.69) is 15.4 Å². The molecule has 3 aromatic heterocycles. The SMILES string of the molecule is CCCOC(=O)c1cc2c(o1)c(NC(=O)c1ccccn1)nn2C(=O)OCC. The summed E-state index contributed by atoms with van der Waals surface area (Å²) in [6.07, 6.45) is 1.34. The van der Waals surface area contributed by atoms with Crippen molar-refractivity contribution >= 4 is 34.9 Å². The minimum Gasteiger partial charge on any atom is -0.460 e. The molecule has 3 rings (SSSR count). The van der Waals surface area contributed by atoms with Crippen LogP contribution in [0.2, 0.25) is 0 Å². The highest BCUT2D eigenvalue weighted by Gasteiger charge is 2.25. The van der Waals surface area contributed by atoms with Gasteiger partial charge in [-0.1, -0.05) is 13.0 Å². The number of nitrogens with zero attached hydrogens (tertiary/aromatic N) is 3. The number of nitrogens with one attached hydrogen (secondary N) is 1. The molecule has 0 fully saturated rings. The van der Waals surface area contributed by atoms with Gasteiger partial charge in [-0.05, 0) is 25.5 Å². The number of pyridine rings is 1. The number of hydrogen-bond donors (Lipinski definition) is 1. The van der Waals surface area contributed by atoms with Crippen LogP contribution in [0, 0.1) is 0 Å². The molecule has 28 heavy (non-hydrogen) atoms. The molecule has 0 spiro atoms. The molecule has 3 aromatic rings. The largest absolute Gasteiger partial charge is 0.460 e. The van der Waals surface area contributed by atoms with E-state index in [0.717, 1.165) is 4.68 Å². The van der Waals surface area contributed by atoms with Crippen LogP contribution in [0.3, 0.4) is 0 Å². The molecule has 0 aliphatic carbocycles. The molecule has 0 bridgehead atoms. The number of carbonyl (C=O) groups excluding carboxylic acids is 3. The van der Waals surface area contributed by atoms with Crippen molar-refractivity contribution in [2.75, 3.05) is 18.5 Å². The maximum absolute atomic E-state index is 12.4. The Morgan fingerprint density at radius 2 is 2.04 bits per heavy atom. The Labute approximate surface area is 159 Å². The Balaban J connectivity index is 1.98. The number of fused-ring (bicyclic) bond motifs is 1. The summed E-state index contributed by atoms with van der Waals surface area (Å²) in [5.74, 6) is -1.40. The molecule has 1 amide bonds. The molecule has 3 heterocycles. The van der Waals surface area contributed by atoms with Gasteiger partial charge in [0.05, 0.1) is 13.2 Å². The lowest BCUT2D eigenvalue weighted by Gasteiger charge is -2.02. The minimum absolute atomic E-state index is 0.0424. The normalized spacial score (nSPS) is 10.6. The van der Waals surface area contributed by atoms with E-state index in [1.165, 1.54) is 18.3 Å². The maximum Gasteiger partial charge on any atom is 0.435 e. The van der Waals surface area contributed by atoms with Crippen LogP contribution in [-0.2, 0) is 9.47 Å². The van der Waals surface area contributed by atoms with E-state index in [1.807, 2.05) is 6.92 Å². The monoisotopic (exact) mass is 386 g/mol. The van der Waals surface area contributed by atoms with Gasteiger partial charge in [-0.3, -0.25) is 9.78 Å². The molecule has 0 saturated carbocycles. The molecule has 0 unspecified atom stereocenters. The van der Waals surface area contributed by atoms with Crippen LogP contribution in [0.1, 0.15) is 41.3 Å². The zero-order chi connectivity index (χ0) is 20.1. The first kappa shape index (κ1) is 19.1. The third kappa shape index (κ3) is 3.85. The van der Waals surface area contributed by atoms with Gasteiger partial charge < -0.3 is 19.2 Å². The number of furan rings is 1. The first-order valence-electron chi connectivity index (χ1n) is 8.64. The number of anilines is 1. The lowest BCUT2D eigenvalue weighted by Crippen LogP contribution is -2.17. The third-order valence-electron chi connectivity index (χ3n) is 3.56. The summed E-state index contributed by atoms with van der Waals surface area (Å²) in [6.45, 7) is 3.85. The molecule has 10 heteroatoms. The van der Waals surface area contributed by atoms with Gasteiger partial charge in [0.2, 0.25) is 5.76 Å². The van der Waals surface area contributed by atoms with Gasteiger partial charge in [0.1, 0.15) is 11.2 Å². The standard InChI is InChI=1S/C18H18N4O6/c1-3-9-27-17(24)13-10-12-14(28-13)15(21-22(12)18(25)26-4-2)20-16(23)11-7-5-6-8-19-11/h5-8,10H,3-4,9H2,1-2H3,(H,20,21,23). The molecule has 0 aliphatic rings. The average molecular weight is 386 g/mol. The summed E-state index contributed by atoms with van der Waals surface area (Å²) in [4.78, 5) is 40.6. The second-order valence-corrected chi connectivity index (χ2v) is 5.59. The Morgan fingerprint density at radius 3 is 2.71 bits per heavy atom. The molecule has 1 N–H and O–H groups in total. The van der Waals surface area contributed by atoms with Crippen molar-refractivity contribution in [2.45, 2.75) is 20.3 Å². The van der Waals surface area contributed by atoms with Gasteiger partial charge in [0, 0.05) is 12.3 Å². The second kappa shape index (κ2) is 8.33. The summed E-state index contributed by atoms with van der Waals surface area (Å²) in [6, 6.07) is 6.16. The third-order valence-corrected chi connectivity index (χ3v) is 3.56. The number of rotatable bonds is 6. The summed E-state index contributed by atoms with van der Waals surface area (Å²) in [5.41, 5.74) is 0.356. The lowest BCUT2D eigenvalue weighted by molar-refractivity contribution is 0.0471. The van der Waals surface area contributed by atoms with E-state index >= 15 is 0 Å². The Morgan fingerprint density at radius 1 is 1.21 bits per heavy atom. The number of hydrogen-bond acceptors (Lipinski definition) is 8. The van der Waals surface area contributed by atoms with E-state index in [0.29, 0.717) is 6.42 Å². The number of amides is 1. The minimum atomic E-state index is -0.778. The summed E-state index contributed by atoms with van der Waals surface area (Å²) < 4.78 is 16.4. The zero-order valence-corrected chi connectivity index (χ0v) is 15.3. The Bertz CT molecular complexity index is 1010. The van der Waals surface area contributed by atoms with Crippen LogP contribution < -0.4 is 5.32 Å². The van der Waals surface area contributed by atoms with Crippen molar-refractivity contribution in [1.82, 2.24) is 14.8 Å².